The van der Waals surface area contributed by atoms with Crippen molar-refractivity contribution in [2.75, 3.05) is 0 Å². The number of pyridine rings is 1. The summed E-state index contributed by atoms with van der Waals surface area (Å²) in [6.07, 6.45) is 3.53. The van der Waals surface area contributed by atoms with E-state index in [1.807, 2.05) is 16.7 Å². The smallest absolute Gasteiger partial charge is 0.156 e. The fraction of sp³-hybridized carbons (Fsp3) is 0. The van der Waals surface area contributed by atoms with E-state index in [2.05, 4.69) is 4.98 Å². The van der Waals surface area contributed by atoms with Crippen molar-refractivity contribution in [2.24, 2.45) is 0 Å². The molecule has 0 unspecified atom stereocenters. The quantitative estimate of drug-likeness (QED) is 0.644. The Bertz CT molecular complexity index is 737. The van der Waals surface area contributed by atoms with Gasteiger partial charge in [0.1, 0.15) is 5.82 Å². The molecule has 0 aliphatic carbocycles. The van der Waals surface area contributed by atoms with Crippen LogP contribution in [0.3, 0.4) is 0 Å². The van der Waals surface area contributed by atoms with Crippen LogP contribution in [-0.2, 0) is 0 Å². The first kappa shape index (κ1) is 11.5. The third kappa shape index (κ3) is 1.76. The van der Waals surface area contributed by atoms with Gasteiger partial charge in [-0.15, -0.1) is 0 Å². The summed E-state index contributed by atoms with van der Waals surface area (Å²) < 4.78 is 15.0. The third-order valence-electron chi connectivity index (χ3n) is 2.70. The van der Waals surface area contributed by atoms with Gasteiger partial charge in [0, 0.05) is 11.8 Å². The standard InChI is InChI=1S/C13H7Cl2FN2/c14-9-2-1-5-18-12(7-17-13(9)18)8-3-4-11(16)10(15)6-8/h1-7H. The van der Waals surface area contributed by atoms with Gasteiger partial charge in [0.25, 0.3) is 0 Å². The van der Waals surface area contributed by atoms with Gasteiger partial charge < -0.3 is 0 Å². The monoisotopic (exact) mass is 280 g/mol. The van der Waals surface area contributed by atoms with Gasteiger partial charge in [-0.3, -0.25) is 4.40 Å². The van der Waals surface area contributed by atoms with Crippen molar-refractivity contribution in [2.45, 2.75) is 0 Å². The predicted molar refractivity (Wildman–Crippen MR) is 70.6 cm³/mol. The van der Waals surface area contributed by atoms with E-state index in [4.69, 9.17) is 23.2 Å². The molecule has 18 heavy (non-hydrogen) atoms. The second-order valence-electron chi connectivity index (χ2n) is 3.82. The molecule has 0 fully saturated rings. The lowest BCUT2D eigenvalue weighted by Crippen LogP contribution is -1.88. The molecule has 5 heteroatoms. The minimum Gasteiger partial charge on any atom is -0.298 e. The maximum Gasteiger partial charge on any atom is 0.156 e. The van der Waals surface area contributed by atoms with Crippen molar-refractivity contribution in [1.29, 1.82) is 0 Å². The van der Waals surface area contributed by atoms with E-state index in [1.165, 1.54) is 6.07 Å². The van der Waals surface area contributed by atoms with Crippen molar-refractivity contribution in [1.82, 2.24) is 9.38 Å². The van der Waals surface area contributed by atoms with Crippen molar-refractivity contribution in [3.05, 3.63) is 58.6 Å². The Morgan fingerprint density at radius 1 is 1.11 bits per heavy atom. The Kier molecular flexibility index (Phi) is 2.73. The second kappa shape index (κ2) is 4.26. The predicted octanol–water partition coefficient (Wildman–Crippen LogP) is 4.45. The van der Waals surface area contributed by atoms with Crippen LogP contribution in [0.2, 0.25) is 10.0 Å². The van der Waals surface area contributed by atoms with Gasteiger partial charge in [-0.2, -0.15) is 0 Å². The van der Waals surface area contributed by atoms with Crippen LogP contribution < -0.4 is 0 Å². The number of rotatable bonds is 1. The average Bonchev–Trinajstić information content (AvgIpc) is 2.78. The van der Waals surface area contributed by atoms with Gasteiger partial charge >= 0.3 is 0 Å². The minimum atomic E-state index is -0.438. The van der Waals surface area contributed by atoms with E-state index >= 15 is 0 Å². The summed E-state index contributed by atoms with van der Waals surface area (Å²) >= 11 is 11.8. The molecule has 0 aliphatic heterocycles. The molecule has 0 saturated heterocycles. The largest absolute Gasteiger partial charge is 0.298 e. The zero-order valence-corrected chi connectivity index (χ0v) is 10.6. The number of halogens is 3. The molecule has 0 N–H and O–H groups in total. The SMILES string of the molecule is Fc1ccc(-c2cnc3c(Cl)cccn23)cc1Cl. The minimum absolute atomic E-state index is 0.0875. The number of hydrogen-bond donors (Lipinski definition) is 0. The summed E-state index contributed by atoms with van der Waals surface area (Å²) in [6, 6.07) is 8.16. The normalized spacial score (nSPS) is 11.1. The Morgan fingerprint density at radius 2 is 1.94 bits per heavy atom. The van der Waals surface area contributed by atoms with E-state index in [-0.39, 0.29) is 5.02 Å². The van der Waals surface area contributed by atoms with Crippen LogP contribution in [0.25, 0.3) is 16.9 Å². The van der Waals surface area contributed by atoms with Crippen LogP contribution in [0.4, 0.5) is 4.39 Å². The lowest BCUT2D eigenvalue weighted by molar-refractivity contribution is 0.628. The fourth-order valence-corrected chi connectivity index (χ4v) is 2.24. The van der Waals surface area contributed by atoms with Crippen molar-refractivity contribution >= 4 is 28.8 Å². The zero-order chi connectivity index (χ0) is 12.7. The maximum atomic E-state index is 13.1. The number of benzene rings is 1. The molecule has 2 nitrogen and oxygen atoms in total. The van der Waals surface area contributed by atoms with Crippen LogP contribution in [0.15, 0.2) is 42.7 Å². The Morgan fingerprint density at radius 3 is 2.72 bits per heavy atom. The summed E-state index contributed by atoms with van der Waals surface area (Å²) in [5.41, 5.74) is 2.26. The van der Waals surface area contributed by atoms with Crippen LogP contribution in [-0.4, -0.2) is 9.38 Å². The van der Waals surface area contributed by atoms with E-state index < -0.39 is 5.82 Å². The van der Waals surface area contributed by atoms with Gasteiger partial charge in [0.2, 0.25) is 0 Å². The molecule has 3 rings (SSSR count). The van der Waals surface area contributed by atoms with Gasteiger partial charge in [-0.25, -0.2) is 9.37 Å². The molecule has 1 aromatic carbocycles. The lowest BCUT2D eigenvalue weighted by atomic mass is 10.1. The lowest BCUT2D eigenvalue weighted by Gasteiger charge is -2.03. The van der Waals surface area contributed by atoms with Crippen molar-refractivity contribution in [3.63, 3.8) is 0 Å². The zero-order valence-electron chi connectivity index (χ0n) is 9.07. The fourth-order valence-electron chi connectivity index (χ4n) is 1.85. The molecular weight excluding hydrogens is 274 g/mol. The van der Waals surface area contributed by atoms with Crippen LogP contribution in [0.5, 0.6) is 0 Å². The summed E-state index contributed by atoms with van der Waals surface area (Å²) in [7, 11) is 0. The van der Waals surface area contributed by atoms with Crippen LogP contribution in [0, 0.1) is 5.82 Å². The molecule has 3 aromatic rings. The second-order valence-corrected chi connectivity index (χ2v) is 4.64. The highest BCUT2D eigenvalue weighted by molar-refractivity contribution is 6.33. The third-order valence-corrected chi connectivity index (χ3v) is 3.29. The topological polar surface area (TPSA) is 17.3 Å². The maximum absolute atomic E-state index is 13.1. The molecule has 0 spiro atoms. The van der Waals surface area contributed by atoms with E-state index in [9.17, 15) is 4.39 Å². The molecule has 90 valence electrons. The highest BCUT2D eigenvalue weighted by Crippen LogP contribution is 2.27. The number of aromatic nitrogens is 2. The molecule has 2 heterocycles. The number of hydrogen-bond acceptors (Lipinski definition) is 1. The van der Waals surface area contributed by atoms with E-state index in [1.54, 1.807) is 24.4 Å². The molecule has 0 bridgehead atoms. The van der Waals surface area contributed by atoms with Gasteiger partial charge in [0.05, 0.1) is 21.9 Å². The molecular formula is C13H7Cl2FN2. The van der Waals surface area contributed by atoms with Crippen LogP contribution in [0.1, 0.15) is 0 Å². The number of imidazole rings is 1. The summed E-state index contributed by atoms with van der Waals surface area (Å²) in [5.74, 6) is -0.438. The number of fused-ring (bicyclic) bond motifs is 1. The van der Waals surface area contributed by atoms with E-state index in [0.717, 1.165) is 11.3 Å². The van der Waals surface area contributed by atoms with Gasteiger partial charge in [-0.05, 0) is 30.3 Å². The molecule has 0 amide bonds. The van der Waals surface area contributed by atoms with Gasteiger partial charge in [-0.1, -0.05) is 23.2 Å². The first-order valence-electron chi connectivity index (χ1n) is 5.24. The van der Waals surface area contributed by atoms with Crippen molar-refractivity contribution in [3.8, 4) is 11.3 Å². The first-order valence-corrected chi connectivity index (χ1v) is 5.99. The average molecular weight is 281 g/mol. The molecule has 0 saturated carbocycles. The molecule has 0 aliphatic rings. The summed E-state index contributed by atoms with van der Waals surface area (Å²) in [5, 5.41) is 0.654. The molecule has 0 atom stereocenters. The molecule has 0 radical (unpaired) electrons. The Hall–Kier alpha value is -1.58. The molecule has 2 aromatic heterocycles. The highest BCUT2D eigenvalue weighted by Gasteiger charge is 2.09. The Balaban J connectivity index is 2.25. The Labute approximate surface area is 113 Å². The summed E-state index contributed by atoms with van der Waals surface area (Å²) in [6.45, 7) is 0. The summed E-state index contributed by atoms with van der Waals surface area (Å²) in [4.78, 5) is 4.24. The van der Waals surface area contributed by atoms with E-state index in [0.29, 0.717) is 10.7 Å². The first-order chi connectivity index (χ1) is 8.66. The van der Waals surface area contributed by atoms with Gasteiger partial charge in [0.15, 0.2) is 5.65 Å². The van der Waals surface area contributed by atoms with Crippen molar-refractivity contribution < 1.29 is 4.39 Å². The van der Waals surface area contributed by atoms with Crippen LogP contribution >= 0.6 is 23.2 Å². The highest BCUT2D eigenvalue weighted by atomic mass is 35.5. The number of nitrogens with zero attached hydrogens (tertiary/aromatic N) is 2.